The lowest BCUT2D eigenvalue weighted by Crippen LogP contribution is -2.22. The summed E-state index contributed by atoms with van der Waals surface area (Å²) in [6.07, 6.45) is 0.666. The molecule has 2 rings (SSSR count). The van der Waals surface area contributed by atoms with Crippen molar-refractivity contribution in [1.82, 2.24) is 14.9 Å². The van der Waals surface area contributed by atoms with Gasteiger partial charge in [-0.15, -0.1) is 5.10 Å². The average molecular weight is 265 g/mol. The number of hydrogen-bond acceptors (Lipinski definition) is 4. The van der Waals surface area contributed by atoms with Gasteiger partial charge in [-0.2, -0.15) is 0 Å². The van der Waals surface area contributed by atoms with Crippen molar-refractivity contribution >= 4 is 17.4 Å². The maximum atomic E-state index is 13.0. The number of nitrogens with one attached hydrogen (secondary N) is 1. The zero-order valence-corrected chi connectivity index (χ0v) is 10.6. The number of aryl methyl sites for hydroxylation is 1. The van der Waals surface area contributed by atoms with Crippen LogP contribution >= 0.6 is 11.5 Å². The van der Waals surface area contributed by atoms with Crippen molar-refractivity contribution in [3.05, 3.63) is 46.2 Å². The van der Waals surface area contributed by atoms with Crippen molar-refractivity contribution in [2.75, 3.05) is 0 Å². The van der Waals surface area contributed by atoms with Gasteiger partial charge in [0, 0.05) is 6.54 Å². The number of benzene rings is 1. The molecule has 0 spiro atoms. The van der Waals surface area contributed by atoms with Crippen molar-refractivity contribution in [2.24, 2.45) is 0 Å². The molecule has 4 nitrogen and oxygen atoms in total. The quantitative estimate of drug-likeness (QED) is 0.921. The molecular formula is C12H12FN3OS. The molecule has 0 unspecified atom stereocenters. The molecule has 1 heterocycles. The zero-order valence-electron chi connectivity index (χ0n) is 9.81. The minimum Gasteiger partial charge on any atom is -0.347 e. The molecule has 1 amide bonds. The minimum atomic E-state index is -0.310. The van der Waals surface area contributed by atoms with Crippen molar-refractivity contribution in [3.8, 4) is 0 Å². The van der Waals surface area contributed by atoms with Crippen molar-refractivity contribution in [3.63, 3.8) is 0 Å². The number of nitrogens with zero attached hydrogens (tertiary/aromatic N) is 2. The number of halogens is 1. The van der Waals surface area contributed by atoms with Gasteiger partial charge in [0.2, 0.25) is 0 Å². The SMILES string of the molecule is CCc1nnsc1C(=O)NCc1cccc(F)c1. The molecule has 0 fully saturated rings. The lowest BCUT2D eigenvalue weighted by atomic mass is 10.2. The minimum absolute atomic E-state index is 0.217. The molecule has 0 saturated carbocycles. The fraction of sp³-hybridized carbons (Fsp3) is 0.250. The van der Waals surface area contributed by atoms with Crippen molar-refractivity contribution in [2.45, 2.75) is 19.9 Å². The summed E-state index contributed by atoms with van der Waals surface area (Å²) in [7, 11) is 0. The van der Waals surface area contributed by atoms with E-state index in [2.05, 4.69) is 14.9 Å². The van der Waals surface area contributed by atoms with Gasteiger partial charge < -0.3 is 5.32 Å². The fourth-order valence-electron chi connectivity index (χ4n) is 1.52. The third-order valence-corrected chi connectivity index (χ3v) is 3.21. The fourth-order valence-corrected chi connectivity index (χ4v) is 2.19. The molecule has 6 heteroatoms. The molecular weight excluding hydrogens is 253 g/mol. The van der Waals surface area contributed by atoms with Crippen molar-refractivity contribution in [1.29, 1.82) is 0 Å². The van der Waals surface area contributed by atoms with E-state index in [0.717, 1.165) is 17.1 Å². The Morgan fingerprint density at radius 2 is 2.33 bits per heavy atom. The Hall–Kier alpha value is -1.82. The molecule has 0 atom stereocenters. The highest BCUT2D eigenvalue weighted by Gasteiger charge is 2.14. The van der Waals surface area contributed by atoms with Gasteiger partial charge in [-0.1, -0.05) is 23.5 Å². The molecule has 0 radical (unpaired) electrons. The van der Waals surface area contributed by atoms with E-state index in [9.17, 15) is 9.18 Å². The highest BCUT2D eigenvalue weighted by molar-refractivity contribution is 7.08. The molecule has 1 aromatic carbocycles. The predicted octanol–water partition coefficient (Wildman–Crippen LogP) is 2.17. The summed E-state index contributed by atoms with van der Waals surface area (Å²) in [5.41, 5.74) is 1.41. The van der Waals surface area contributed by atoms with Crippen LogP contribution in [-0.4, -0.2) is 15.5 Å². The predicted molar refractivity (Wildman–Crippen MR) is 66.9 cm³/mol. The summed E-state index contributed by atoms with van der Waals surface area (Å²) >= 11 is 1.07. The maximum absolute atomic E-state index is 13.0. The normalized spacial score (nSPS) is 10.3. The third kappa shape index (κ3) is 2.89. The molecule has 0 saturated heterocycles. The first-order chi connectivity index (χ1) is 8.70. The lowest BCUT2D eigenvalue weighted by molar-refractivity contribution is 0.0954. The molecule has 18 heavy (non-hydrogen) atoms. The Bertz CT molecular complexity index is 556. The summed E-state index contributed by atoms with van der Waals surface area (Å²) in [5, 5.41) is 6.60. The first-order valence-electron chi connectivity index (χ1n) is 5.54. The zero-order chi connectivity index (χ0) is 13.0. The number of carbonyl (C=O) groups is 1. The Morgan fingerprint density at radius 3 is 3.06 bits per heavy atom. The van der Waals surface area contributed by atoms with Crippen LogP contribution in [0.2, 0.25) is 0 Å². The number of aromatic nitrogens is 2. The number of carbonyl (C=O) groups excluding carboxylic acids is 1. The van der Waals surface area contributed by atoms with E-state index in [-0.39, 0.29) is 18.3 Å². The van der Waals surface area contributed by atoms with E-state index < -0.39 is 0 Å². The largest absolute Gasteiger partial charge is 0.347 e. The number of rotatable bonds is 4. The summed E-state index contributed by atoms with van der Waals surface area (Å²) in [5.74, 6) is -0.526. The topological polar surface area (TPSA) is 54.9 Å². The monoisotopic (exact) mass is 265 g/mol. The molecule has 0 aliphatic rings. The van der Waals surface area contributed by atoms with Gasteiger partial charge in [-0.25, -0.2) is 4.39 Å². The summed E-state index contributed by atoms with van der Waals surface area (Å²) < 4.78 is 16.7. The van der Waals surface area contributed by atoms with Crippen LogP contribution in [0.25, 0.3) is 0 Å². The molecule has 94 valence electrons. The Morgan fingerprint density at radius 1 is 1.50 bits per heavy atom. The number of amides is 1. The van der Waals surface area contributed by atoms with Crippen LogP contribution in [0, 0.1) is 5.82 Å². The molecule has 0 bridgehead atoms. The van der Waals surface area contributed by atoms with E-state index in [4.69, 9.17) is 0 Å². The first kappa shape index (κ1) is 12.6. The van der Waals surface area contributed by atoms with Crippen LogP contribution in [0.1, 0.15) is 27.9 Å². The number of hydrogen-bond donors (Lipinski definition) is 1. The first-order valence-corrected chi connectivity index (χ1v) is 6.32. The van der Waals surface area contributed by atoms with Gasteiger partial charge in [0.25, 0.3) is 5.91 Å². The van der Waals surface area contributed by atoms with Crippen LogP contribution in [0.3, 0.4) is 0 Å². The smallest absolute Gasteiger partial charge is 0.265 e. The van der Waals surface area contributed by atoms with Crippen molar-refractivity contribution < 1.29 is 9.18 Å². The van der Waals surface area contributed by atoms with Crippen LogP contribution in [0.5, 0.6) is 0 Å². The Labute approximate surface area is 108 Å². The van der Waals surface area contributed by atoms with Gasteiger partial charge in [0.1, 0.15) is 10.7 Å². The van der Waals surface area contributed by atoms with Gasteiger partial charge in [-0.3, -0.25) is 4.79 Å². The summed E-state index contributed by atoms with van der Waals surface area (Å²) in [6.45, 7) is 2.21. The van der Waals surface area contributed by atoms with Crippen LogP contribution in [0.4, 0.5) is 4.39 Å². The van der Waals surface area contributed by atoms with E-state index >= 15 is 0 Å². The van der Waals surface area contributed by atoms with Crippen LogP contribution < -0.4 is 5.32 Å². The summed E-state index contributed by atoms with van der Waals surface area (Å²) in [4.78, 5) is 12.4. The molecule has 0 aliphatic heterocycles. The highest BCUT2D eigenvalue weighted by atomic mass is 32.1. The Kier molecular flexibility index (Phi) is 3.99. The molecule has 1 N–H and O–H groups in total. The second kappa shape index (κ2) is 5.68. The third-order valence-electron chi connectivity index (χ3n) is 2.44. The second-order valence-corrected chi connectivity index (χ2v) is 4.47. The average Bonchev–Trinajstić information content (AvgIpc) is 2.84. The highest BCUT2D eigenvalue weighted by Crippen LogP contribution is 2.11. The summed E-state index contributed by atoms with van der Waals surface area (Å²) in [6, 6.07) is 6.14. The van der Waals surface area contributed by atoms with Gasteiger partial charge in [-0.05, 0) is 35.6 Å². The van der Waals surface area contributed by atoms with E-state index in [1.807, 2.05) is 6.92 Å². The van der Waals surface area contributed by atoms with E-state index in [1.165, 1.54) is 12.1 Å². The standard InChI is InChI=1S/C12H12FN3OS/c1-2-10-11(18-16-15-10)12(17)14-7-8-4-3-5-9(13)6-8/h3-6H,2,7H2,1H3,(H,14,17). The Balaban J connectivity index is 2.00. The molecule has 2 aromatic rings. The van der Waals surface area contributed by atoms with Gasteiger partial charge in [0.05, 0.1) is 5.69 Å². The van der Waals surface area contributed by atoms with Gasteiger partial charge in [0.15, 0.2) is 0 Å². The maximum Gasteiger partial charge on any atom is 0.265 e. The van der Waals surface area contributed by atoms with Crippen LogP contribution in [0.15, 0.2) is 24.3 Å². The molecule has 1 aromatic heterocycles. The van der Waals surface area contributed by atoms with E-state index in [0.29, 0.717) is 17.0 Å². The second-order valence-electron chi connectivity index (χ2n) is 3.71. The van der Waals surface area contributed by atoms with Crippen LogP contribution in [-0.2, 0) is 13.0 Å². The molecule has 0 aliphatic carbocycles. The van der Waals surface area contributed by atoms with E-state index in [1.54, 1.807) is 12.1 Å². The van der Waals surface area contributed by atoms with Gasteiger partial charge >= 0.3 is 0 Å². The lowest BCUT2D eigenvalue weighted by Gasteiger charge is -2.04.